The molecule has 0 saturated carbocycles. The van der Waals surface area contributed by atoms with E-state index in [1.165, 1.54) is 14.2 Å². The van der Waals surface area contributed by atoms with Crippen LogP contribution in [0.3, 0.4) is 0 Å². The monoisotopic (exact) mass is 170 g/mol. The summed E-state index contributed by atoms with van der Waals surface area (Å²) >= 11 is 0. The van der Waals surface area contributed by atoms with Gasteiger partial charge in [0.05, 0.1) is 14.2 Å². The summed E-state index contributed by atoms with van der Waals surface area (Å²) in [5.74, 6) is 0.415. The molecule has 12 heavy (non-hydrogen) atoms. The van der Waals surface area contributed by atoms with Gasteiger partial charge >= 0.3 is 0 Å². The fourth-order valence-electron chi connectivity index (χ4n) is 1.02. The predicted octanol–water partition coefficient (Wildman–Crippen LogP) is 2.15. The first kappa shape index (κ1) is 8.84. The third-order valence-electron chi connectivity index (χ3n) is 1.74. The molecule has 0 radical (unpaired) electrons. The highest BCUT2D eigenvalue weighted by Crippen LogP contribution is 2.27. The number of hydrogen-bond acceptors (Lipinski definition) is 2. The van der Waals surface area contributed by atoms with E-state index in [2.05, 4.69) is 0 Å². The normalized spacial score (nSPS) is 9.67. The number of halogens is 1. The van der Waals surface area contributed by atoms with E-state index in [0.29, 0.717) is 11.3 Å². The van der Waals surface area contributed by atoms with Crippen LogP contribution in [0.5, 0.6) is 11.5 Å². The van der Waals surface area contributed by atoms with Gasteiger partial charge in [0.2, 0.25) is 0 Å². The summed E-state index contributed by atoms with van der Waals surface area (Å²) < 4.78 is 23.0. The second-order valence-electron chi connectivity index (χ2n) is 2.41. The van der Waals surface area contributed by atoms with Crippen LogP contribution < -0.4 is 9.47 Å². The molecular formula is C9H11FO2. The molecule has 0 aliphatic rings. The zero-order valence-corrected chi connectivity index (χ0v) is 7.35. The first-order valence-corrected chi connectivity index (χ1v) is 3.57. The molecule has 0 bridgehead atoms. The Morgan fingerprint density at radius 2 is 1.58 bits per heavy atom. The maximum absolute atomic E-state index is 13.2. The molecule has 66 valence electrons. The van der Waals surface area contributed by atoms with Crippen molar-refractivity contribution in [3.63, 3.8) is 0 Å². The molecule has 3 heteroatoms. The number of methoxy groups -OCH3 is 2. The minimum atomic E-state index is -0.364. The largest absolute Gasteiger partial charge is 0.496 e. The van der Waals surface area contributed by atoms with Crippen molar-refractivity contribution in [1.29, 1.82) is 0 Å². The summed E-state index contributed by atoms with van der Waals surface area (Å²) in [5, 5.41) is 0. The first-order valence-electron chi connectivity index (χ1n) is 3.57. The summed E-state index contributed by atoms with van der Waals surface area (Å²) in [6, 6.07) is 3.22. The number of benzene rings is 1. The van der Waals surface area contributed by atoms with E-state index >= 15 is 0 Å². The Morgan fingerprint density at radius 1 is 1.08 bits per heavy atom. The molecule has 0 amide bonds. The highest BCUT2D eigenvalue weighted by molar-refractivity contribution is 5.40. The lowest BCUT2D eigenvalue weighted by atomic mass is 10.2. The van der Waals surface area contributed by atoms with Gasteiger partial charge in [0.1, 0.15) is 5.75 Å². The smallest absolute Gasteiger partial charge is 0.171 e. The molecule has 0 unspecified atom stereocenters. The Balaban J connectivity index is 3.20. The van der Waals surface area contributed by atoms with Gasteiger partial charge < -0.3 is 9.47 Å². The minimum Gasteiger partial charge on any atom is -0.496 e. The summed E-state index contributed by atoms with van der Waals surface area (Å²) in [4.78, 5) is 0. The fourth-order valence-corrected chi connectivity index (χ4v) is 1.02. The molecule has 2 nitrogen and oxygen atoms in total. The van der Waals surface area contributed by atoms with Gasteiger partial charge in [-0.05, 0) is 19.1 Å². The molecule has 0 saturated heterocycles. The van der Waals surface area contributed by atoms with Gasteiger partial charge in [-0.3, -0.25) is 0 Å². The number of hydrogen-bond donors (Lipinski definition) is 0. The van der Waals surface area contributed by atoms with Crippen LogP contribution >= 0.6 is 0 Å². The second-order valence-corrected chi connectivity index (χ2v) is 2.41. The highest BCUT2D eigenvalue weighted by Gasteiger charge is 2.09. The van der Waals surface area contributed by atoms with Gasteiger partial charge in [0.25, 0.3) is 0 Å². The molecular weight excluding hydrogens is 159 g/mol. The van der Waals surface area contributed by atoms with Crippen molar-refractivity contribution in [3.8, 4) is 11.5 Å². The molecule has 0 atom stereocenters. The highest BCUT2D eigenvalue weighted by atomic mass is 19.1. The maximum Gasteiger partial charge on any atom is 0.171 e. The topological polar surface area (TPSA) is 18.5 Å². The van der Waals surface area contributed by atoms with Crippen LogP contribution in [0.4, 0.5) is 4.39 Å². The molecule has 0 heterocycles. The van der Waals surface area contributed by atoms with E-state index in [-0.39, 0.29) is 11.6 Å². The lowest BCUT2D eigenvalue weighted by Gasteiger charge is -2.08. The SMILES string of the molecule is COc1ccc(OC)c(F)c1C. The van der Waals surface area contributed by atoms with Gasteiger partial charge in [-0.25, -0.2) is 4.39 Å². The molecule has 0 aliphatic heterocycles. The maximum atomic E-state index is 13.2. The molecule has 1 aromatic rings. The van der Waals surface area contributed by atoms with Crippen LogP contribution in [0.2, 0.25) is 0 Å². The average Bonchev–Trinajstić information content (AvgIpc) is 2.10. The molecule has 0 N–H and O–H groups in total. The van der Waals surface area contributed by atoms with E-state index in [9.17, 15) is 4.39 Å². The molecule has 1 aromatic carbocycles. The Labute approximate surface area is 70.9 Å². The number of rotatable bonds is 2. The van der Waals surface area contributed by atoms with E-state index in [4.69, 9.17) is 9.47 Å². The second kappa shape index (κ2) is 3.43. The summed E-state index contributed by atoms with van der Waals surface area (Å²) in [7, 11) is 2.94. The van der Waals surface area contributed by atoms with Crippen molar-refractivity contribution in [2.45, 2.75) is 6.92 Å². The zero-order chi connectivity index (χ0) is 9.14. The lowest BCUT2D eigenvalue weighted by Crippen LogP contribution is -1.94. The van der Waals surface area contributed by atoms with Crippen LogP contribution in [-0.4, -0.2) is 14.2 Å². The van der Waals surface area contributed by atoms with Crippen LogP contribution in [0.1, 0.15) is 5.56 Å². The Bertz CT molecular complexity index is 255. The lowest BCUT2D eigenvalue weighted by molar-refractivity contribution is 0.374. The van der Waals surface area contributed by atoms with Crippen molar-refractivity contribution in [2.75, 3.05) is 14.2 Å². The van der Waals surface area contributed by atoms with Crippen molar-refractivity contribution in [1.82, 2.24) is 0 Å². The Kier molecular flexibility index (Phi) is 2.53. The quantitative estimate of drug-likeness (QED) is 0.677. The molecule has 0 aliphatic carbocycles. The Hall–Kier alpha value is -1.25. The predicted molar refractivity (Wildman–Crippen MR) is 44.2 cm³/mol. The van der Waals surface area contributed by atoms with Crippen LogP contribution in [0.25, 0.3) is 0 Å². The zero-order valence-electron chi connectivity index (χ0n) is 7.35. The standard InChI is InChI=1S/C9H11FO2/c1-6-7(11-2)4-5-8(12-3)9(6)10/h4-5H,1-3H3. The van der Waals surface area contributed by atoms with Gasteiger partial charge in [-0.1, -0.05) is 0 Å². The summed E-state index contributed by atoms with van der Waals surface area (Å²) in [5.41, 5.74) is 0.469. The van der Waals surface area contributed by atoms with Gasteiger partial charge in [0, 0.05) is 5.56 Å². The third kappa shape index (κ3) is 1.35. The van der Waals surface area contributed by atoms with Crippen LogP contribution in [-0.2, 0) is 0 Å². The average molecular weight is 170 g/mol. The summed E-state index contributed by atoms with van der Waals surface area (Å²) in [6.45, 7) is 1.65. The van der Waals surface area contributed by atoms with Crippen molar-refractivity contribution in [2.24, 2.45) is 0 Å². The third-order valence-corrected chi connectivity index (χ3v) is 1.74. The molecule has 0 fully saturated rings. The molecule has 0 spiro atoms. The first-order chi connectivity index (χ1) is 5.70. The Morgan fingerprint density at radius 3 is 2.08 bits per heavy atom. The van der Waals surface area contributed by atoms with Gasteiger partial charge in [-0.15, -0.1) is 0 Å². The van der Waals surface area contributed by atoms with Crippen LogP contribution in [0, 0.1) is 12.7 Å². The van der Waals surface area contributed by atoms with Crippen molar-refractivity contribution in [3.05, 3.63) is 23.5 Å². The number of ether oxygens (including phenoxy) is 2. The van der Waals surface area contributed by atoms with Gasteiger partial charge in [-0.2, -0.15) is 0 Å². The van der Waals surface area contributed by atoms with E-state index in [0.717, 1.165) is 0 Å². The molecule has 0 aromatic heterocycles. The van der Waals surface area contributed by atoms with Crippen LogP contribution in [0.15, 0.2) is 12.1 Å². The fraction of sp³-hybridized carbons (Fsp3) is 0.333. The van der Waals surface area contributed by atoms with E-state index in [1.807, 2.05) is 0 Å². The minimum absolute atomic E-state index is 0.244. The van der Waals surface area contributed by atoms with Crippen molar-refractivity contribution < 1.29 is 13.9 Å². The summed E-state index contributed by atoms with van der Waals surface area (Å²) in [6.07, 6.45) is 0. The van der Waals surface area contributed by atoms with Crippen molar-refractivity contribution >= 4 is 0 Å². The molecule has 1 rings (SSSR count). The van der Waals surface area contributed by atoms with E-state index < -0.39 is 0 Å². The van der Waals surface area contributed by atoms with E-state index in [1.54, 1.807) is 19.1 Å². The van der Waals surface area contributed by atoms with Gasteiger partial charge in [0.15, 0.2) is 11.6 Å².